The van der Waals surface area contributed by atoms with E-state index in [9.17, 15) is 4.39 Å². The molecule has 2 aromatic rings. The number of hydrogen-bond donors (Lipinski definition) is 0. The van der Waals surface area contributed by atoms with E-state index < -0.39 is 0 Å². The molecule has 3 heteroatoms. The van der Waals surface area contributed by atoms with Crippen molar-refractivity contribution in [2.24, 2.45) is 0 Å². The fourth-order valence-corrected chi connectivity index (χ4v) is 1.93. The quantitative estimate of drug-likeness (QED) is 0.833. The van der Waals surface area contributed by atoms with Gasteiger partial charge in [0.05, 0.1) is 11.6 Å². The summed E-state index contributed by atoms with van der Waals surface area (Å²) in [6.45, 7) is 4.02. The molecule has 0 radical (unpaired) electrons. The minimum atomic E-state index is -0.356. The number of hydrogen-bond acceptors (Lipinski definition) is 2. The Morgan fingerprint density at radius 1 is 1.16 bits per heavy atom. The summed E-state index contributed by atoms with van der Waals surface area (Å²) in [5, 5.41) is 8.81. The summed E-state index contributed by atoms with van der Waals surface area (Å²) < 4.78 is 19.3. The molecule has 0 aliphatic rings. The summed E-state index contributed by atoms with van der Waals surface area (Å²) in [7, 11) is 0. The highest BCUT2D eigenvalue weighted by atomic mass is 19.1. The van der Waals surface area contributed by atoms with Gasteiger partial charge in [0.25, 0.3) is 0 Å². The number of benzene rings is 2. The zero-order chi connectivity index (χ0) is 13.8. The predicted molar refractivity (Wildman–Crippen MR) is 71.4 cm³/mol. The van der Waals surface area contributed by atoms with Crippen molar-refractivity contribution in [3.63, 3.8) is 0 Å². The average Bonchev–Trinajstić information content (AvgIpc) is 2.40. The van der Waals surface area contributed by atoms with Crippen LogP contribution in [0.2, 0.25) is 0 Å². The molecule has 0 aliphatic heterocycles. The topological polar surface area (TPSA) is 33.0 Å². The molecular formula is C16H14FNO. The lowest BCUT2D eigenvalue weighted by molar-refractivity contribution is 0.296. The normalized spacial score (nSPS) is 10.0. The van der Waals surface area contributed by atoms with Crippen LogP contribution in [0, 0.1) is 31.0 Å². The van der Waals surface area contributed by atoms with Crippen LogP contribution < -0.4 is 4.74 Å². The molecule has 0 aliphatic carbocycles. The van der Waals surface area contributed by atoms with E-state index in [1.165, 1.54) is 18.2 Å². The van der Waals surface area contributed by atoms with Crippen molar-refractivity contribution in [2.75, 3.05) is 0 Å². The molecule has 2 rings (SSSR count). The van der Waals surface area contributed by atoms with E-state index in [0.717, 1.165) is 16.9 Å². The Labute approximate surface area is 112 Å². The highest BCUT2D eigenvalue weighted by Crippen LogP contribution is 2.24. The lowest BCUT2D eigenvalue weighted by Crippen LogP contribution is -2.01. The molecule has 0 bridgehead atoms. The maximum Gasteiger partial charge on any atom is 0.129 e. The van der Waals surface area contributed by atoms with Crippen LogP contribution in [-0.2, 0) is 6.61 Å². The van der Waals surface area contributed by atoms with Crippen molar-refractivity contribution in [3.05, 3.63) is 64.5 Å². The smallest absolute Gasteiger partial charge is 0.129 e. The van der Waals surface area contributed by atoms with Crippen molar-refractivity contribution in [1.82, 2.24) is 0 Å². The summed E-state index contributed by atoms with van der Waals surface area (Å²) in [6.07, 6.45) is 0. The van der Waals surface area contributed by atoms with Crippen molar-refractivity contribution >= 4 is 0 Å². The van der Waals surface area contributed by atoms with Gasteiger partial charge in [0.15, 0.2) is 0 Å². The summed E-state index contributed by atoms with van der Waals surface area (Å²) in [5.41, 5.74) is 2.84. The molecule has 0 saturated heterocycles. The average molecular weight is 255 g/mol. The minimum absolute atomic E-state index is 0.118. The Bertz CT molecular complexity index is 623. The third-order valence-corrected chi connectivity index (χ3v) is 2.96. The highest BCUT2D eigenvalue weighted by molar-refractivity contribution is 5.40. The molecule has 96 valence electrons. The first-order valence-electron chi connectivity index (χ1n) is 5.99. The second kappa shape index (κ2) is 5.53. The molecule has 2 aromatic carbocycles. The molecule has 0 saturated carbocycles. The third-order valence-electron chi connectivity index (χ3n) is 2.96. The van der Waals surface area contributed by atoms with E-state index in [2.05, 4.69) is 0 Å². The number of nitrogens with zero attached hydrogens (tertiary/aromatic N) is 1. The number of para-hydroxylation sites is 1. The second-order valence-electron chi connectivity index (χ2n) is 4.43. The van der Waals surface area contributed by atoms with Crippen LogP contribution in [0.5, 0.6) is 5.75 Å². The summed E-state index contributed by atoms with van der Waals surface area (Å²) in [5.74, 6) is 0.412. The molecule has 0 N–H and O–H groups in total. The molecule has 0 unspecified atom stereocenters. The third kappa shape index (κ3) is 2.92. The van der Waals surface area contributed by atoms with E-state index in [0.29, 0.717) is 11.1 Å². The van der Waals surface area contributed by atoms with Crippen LogP contribution >= 0.6 is 0 Å². The number of aryl methyl sites for hydroxylation is 2. The number of ether oxygens (including phenoxy) is 1. The van der Waals surface area contributed by atoms with E-state index in [1.807, 2.05) is 38.1 Å². The highest BCUT2D eigenvalue weighted by Gasteiger charge is 2.07. The molecular weight excluding hydrogens is 241 g/mol. The fourth-order valence-electron chi connectivity index (χ4n) is 1.93. The lowest BCUT2D eigenvalue weighted by Gasteiger charge is -2.12. The van der Waals surface area contributed by atoms with Gasteiger partial charge in [-0.25, -0.2) is 4.39 Å². The van der Waals surface area contributed by atoms with Crippen LogP contribution in [0.15, 0.2) is 36.4 Å². The molecule has 0 fully saturated rings. The predicted octanol–water partition coefficient (Wildman–Crippen LogP) is 3.89. The Hall–Kier alpha value is -2.34. The van der Waals surface area contributed by atoms with Crippen molar-refractivity contribution in [2.45, 2.75) is 20.5 Å². The van der Waals surface area contributed by atoms with Gasteiger partial charge in [-0.1, -0.05) is 18.2 Å². The number of rotatable bonds is 3. The molecule has 0 amide bonds. The zero-order valence-corrected chi connectivity index (χ0v) is 10.9. The van der Waals surface area contributed by atoms with E-state index >= 15 is 0 Å². The lowest BCUT2D eigenvalue weighted by atomic mass is 10.1. The van der Waals surface area contributed by atoms with Gasteiger partial charge in [0, 0.05) is 5.56 Å². The van der Waals surface area contributed by atoms with Crippen LogP contribution in [0.4, 0.5) is 4.39 Å². The van der Waals surface area contributed by atoms with Crippen LogP contribution in [0.3, 0.4) is 0 Å². The summed E-state index contributed by atoms with van der Waals surface area (Å²) in [4.78, 5) is 0. The maximum atomic E-state index is 13.6. The van der Waals surface area contributed by atoms with Crippen molar-refractivity contribution in [1.29, 1.82) is 5.26 Å². The van der Waals surface area contributed by atoms with Gasteiger partial charge in [-0.2, -0.15) is 5.26 Å². The Kier molecular flexibility index (Phi) is 3.82. The van der Waals surface area contributed by atoms with Gasteiger partial charge in [0.1, 0.15) is 18.2 Å². The molecule has 2 nitrogen and oxygen atoms in total. The van der Waals surface area contributed by atoms with Crippen LogP contribution in [-0.4, -0.2) is 0 Å². The molecule has 0 spiro atoms. The van der Waals surface area contributed by atoms with Gasteiger partial charge in [-0.15, -0.1) is 0 Å². The second-order valence-corrected chi connectivity index (χ2v) is 4.43. The van der Waals surface area contributed by atoms with Gasteiger partial charge in [0.2, 0.25) is 0 Å². The first-order valence-corrected chi connectivity index (χ1v) is 5.99. The first-order chi connectivity index (χ1) is 9.11. The Morgan fingerprint density at radius 3 is 2.47 bits per heavy atom. The van der Waals surface area contributed by atoms with Gasteiger partial charge >= 0.3 is 0 Å². The van der Waals surface area contributed by atoms with E-state index in [-0.39, 0.29) is 12.4 Å². The number of nitriles is 1. The first kappa shape index (κ1) is 13.1. The largest absolute Gasteiger partial charge is 0.488 e. The van der Waals surface area contributed by atoms with E-state index in [4.69, 9.17) is 10.00 Å². The molecule has 0 heterocycles. The molecule has 0 atom stereocenters. The standard InChI is InChI=1S/C16H14FNO/c1-11-4-3-5-12(2)16(11)19-10-14-8-13(9-18)6-7-15(14)17/h3-8H,10H2,1-2H3. The molecule has 19 heavy (non-hydrogen) atoms. The summed E-state index contributed by atoms with van der Waals surface area (Å²) >= 11 is 0. The maximum absolute atomic E-state index is 13.6. The monoisotopic (exact) mass is 255 g/mol. The minimum Gasteiger partial charge on any atom is -0.488 e. The zero-order valence-electron chi connectivity index (χ0n) is 10.9. The summed E-state index contributed by atoms with van der Waals surface area (Å²) in [6, 6.07) is 12.1. The Balaban J connectivity index is 2.22. The Morgan fingerprint density at radius 2 is 1.84 bits per heavy atom. The number of halogens is 1. The van der Waals surface area contributed by atoms with Gasteiger partial charge in [-0.05, 0) is 43.2 Å². The SMILES string of the molecule is Cc1cccc(C)c1OCc1cc(C#N)ccc1F. The van der Waals surface area contributed by atoms with E-state index in [1.54, 1.807) is 0 Å². The molecule has 0 aromatic heterocycles. The fraction of sp³-hybridized carbons (Fsp3) is 0.188. The van der Waals surface area contributed by atoms with Gasteiger partial charge in [-0.3, -0.25) is 0 Å². The van der Waals surface area contributed by atoms with Gasteiger partial charge < -0.3 is 4.74 Å². The van der Waals surface area contributed by atoms with Crippen molar-refractivity contribution < 1.29 is 9.13 Å². The van der Waals surface area contributed by atoms with Crippen LogP contribution in [0.25, 0.3) is 0 Å². The van der Waals surface area contributed by atoms with Crippen molar-refractivity contribution in [3.8, 4) is 11.8 Å². The van der Waals surface area contributed by atoms with Crippen LogP contribution in [0.1, 0.15) is 22.3 Å².